The van der Waals surface area contributed by atoms with E-state index in [1.54, 1.807) is 0 Å². The predicted molar refractivity (Wildman–Crippen MR) is 77.3 cm³/mol. The third kappa shape index (κ3) is 2.80. The highest BCUT2D eigenvalue weighted by molar-refractivity contribution is 7.19. The van der Waals surface area contributed by atoms with Gasteiger partial charge in [-0.25, -0.2) is 0 Å². The molecule has 1 aromatic heterocycles. The molecule has 0 radical (unpaired) electrons. The fraction of sp³-hybridized carbons (Fsp3) is 0.125. The molecule has 0 bridgehead atoms. The van der Waals surface area contributed by atoms with E-state index in [1.807, 2.05) is 30.3 Å². The molecule has 0 aliphatic carbocycles. The number of thiophene rings is 1. The second kappa shape index (κ2) is 5.16. The number of hydrogen-bond donors (Lipinski definition) is 1. The van der Waals surface area contributed by atoms with Crippen LogP contribution >= 0.6 is 11.3 Å². The van der Waals surface area contributed by atoms with Crippen molar-refractivity contribution in [3.63, 3.8) is 0 Å². The minimum atomic E-state index is -4.36. The Balaban J connectivity index is 1.92. The second-order valence-electron chi connectivity index (χ2n) is 4.71. The summed E-state index contributed by atoms with van der Waals surface area (Å²) in [6, 6.07) is 14.2. The van der Waals surface area contributed by atoms with Crippen LogP contribution in [0.3, 0.4) is 0 Å². The Morgan fingerprint density at radius 3 is 2.24 bits per heavy atom. The second-order valence-corrected chi connectivity index (χ2v) is 5.82. The Morgan fingerprint density at radius 1 is 0.952 bits per heavy atom. The van der Waals surface area contributed by atoms with E-state index in [1.165, 1.54) is 23.5 Å². The van der Waals surface area contributed by atoms with E-state index in [-0.39, 0.29) is 0 Å². The van der Waals surface area contributed by atoms with Crippen LogP contribution in [-0.2, 0) is 6.18 Å². The molecular formula is C16H11F3OS. The largest absolute Gasteiger partial charge is 0.416 e. The number of alkyl halides is 3. The Labute approximate surface area is 123 Å². The summed E-state index contributed by atoms with van der Waals surface area (Å²) in [5.41, 5.74) is -0.260. The van der Waals surface area contributed by atoms with Crippen LogP contribution in [0.1, 0.15) is 22.1 Å². The van der Waals surface area contributed by atoms with E-state index in [2.05, 4.69) is 0 Å². The zero-order valence-electron chi connectivity index (χ0n) is 10.8. The summed E-state index contributed by atoms with van der Waals surface area (Å²) in [4.78, 5) is 0.718. The van der Waals surface area contributed by atoms with Gasteiger partial charge in [0.2, 0.25) is 0 Å². The molecule has 21 heavy (non-hydrogen) atoms. The molecule has 0 spiro atoms. The van der Waals surface area contributed by atoms with Crippen molar-refractivity contribution in [3.05, 3.63) is 70.6 Å². The van der Waals surface area contributed by atoms with Crippen LogP contribution < -0.4 is 0 Å². The maximum Gasteiger partial charge on any atom is 0.416 e. The first-order valence-corrected chi connectivity index (χ1v) is 7.10. The molecule has 1 unspecified atom stereocenters. The quantitative estimate of drug-likeness (QED) is 0.706. The molecule has 0 amide bonds. The van der Waals surface area contributed by atoms with Crippen LogP contribution in [0, 0.1) is 0 Å². The number of aliphatic hydroxyl groups excluding tert-OH is 1. The molecule has 108 valence electrons. The van der Waals surface area contributed by atoms with E-state index in [9.17, 15) is 18.3 Å². The van der Waals surface area contributed by atoms with Crippen molar-refractivity contribution in [2.24, 2.45) is 0 Å². The Bertz CT molecular complexity index is 726. The molecule has 0 fully saturated rings. The maximum atomic E-state index is 12.5. The van der Waals surface area contributed by atoms with E-state index < -0.39 is 17.8 Å². The van der Waals surface area contributed by atoms with E-state index in [0.29, 0.717) is 5.56 Å². The molecule has 2 aromatic carbocycles. The van der Waals surface area contributed by atoms with Crippen LogP contribution in [0.4, 0.5) is 13.2 Å². The minimum Gasteiger partial charge on any atom is -0.383 e. The number of benzene rings is 2. The summed E-state index contributed by atoms with van der Waals surface area (Å²) in [7, 11) is 0. The Morgan fingerprint density at radius 2 is 1.62 bits per heavy atom. The summed E-state index contributed by atoms with van der Waals surface area (Å²) in [5, 5.41) is 11.3. The zero-order chi connectivity index (χ0) is 15.0. The summed E-state index contributed by atoms with van der Waals surface area (Å²) in [6.07, 6.45) is -5.27. The van der Waals surface area contributed by atoms with Gasteiger partial charge >= 0.3 is 6.18 Å². The number of rotatable bonds is 2. The number of fused-ring (bicyclic) bond motifs is 1. The van der Waals surface area contributed by atoms with Gasteiger partial charge in [0.05, 0.1) is 5.56 Å². The molecule has 1 heterocycles. The molecule has 0 aliphatic rings. The van der Waals surface area contributed by atoms with Crippen molar-refractivity contribution in [3.8, 4) is 0 Å². The van der Waals surface area contributed by atoms with Crippen LogP contribution in [0.2, 0.25) is 0 Å². The number of aliphatic hydroxyl groups is 1. The van der Waals surface area contributed by atoms with Gasteiger partial charge < -0.3 is 5.11 Å². The number of halogens is 3. The summed E-state index contributed by atoms with van der Waals surface area (Å²) in [5.74, 6) is 0. The Kier molecular flexibility index (Phi) is 3.47. The lowest BCUT2D eigenvalue weighted by atomic mass is 10.1. The lowest BCUT2D eigenvalue weighted by Crippen LogP contribution is -2.05. The molecule has 1 N–H and O–H groups in total. The van der Waals surface area contributed by atoms with Gasteiger partial charge in [0, 0.05) is 9.58 Å². The smallest absolute Gasteiger partial charge is 0.383 e. The van der Waals surface area contributed by atoms with Gasteiger partial charge in [-0.3, -0.25) is 0 Å². The van der Waals surface area contributed by atoms with E-state index in [4.69, 9.17) is 0 Å². The van der Waals surface area contributed by atoms with E-state index >= 15 is 0 Å². The normalized spacial score (nSPS) is 13.5. The van der Waals surface area contributed by atoms with Crippen molar-refractivity contribution < 1.29 is 18.3 Å². The van der Waals surface area contributed by atoms with Gasteiger partial charge in [-0.1, -0.05) is 30.3 Å². The third-order valence-corrected chi connectivity index (χ3v) is 4.44. The first kappa shape index (κ1) is 14.1. The third-order valence-electron chi connectivity index (χ3n) is 3.27. The molecular weight excluding hydrogens is 297 g/mol. The summed E-state index contributed by atoms with van der Waals surface area (Å²) < 4.78 is 38.6. The van der Waals surface area contributed by atoms with Crippen LogP contribution in [0.5, 0.6) is 0 Å². The fourth-order valence-electron chi connectivity index (χ4n) is 2.16. The van der Waals surface area contributed by atoms with Crippen molar-refractivity contribution in [2.75, 3.05) is 0 Å². The first-order valence-electron chi connectivity index (χ1n) is 6.29. The van der Waals surface area contributed by atoms with E-state index in [0.717, 1.165) is 27.1 Å². The number of hydrogen-bond acceptors (Lipinski definition) is 2. The highest BCUT2D eigenvalue weighted by atomic mass is 32.1. The Hall–Kier alpha value is -1.85. The molecule has 1 nitrogen and oxygen atoms in total. The van der Waals surface area contributed by atoms with Gasteiger partial charge in [0.1, 0.15) is 6.10 Å². The highest BCUT2D eigenvalue weighted by Gasteiger charge is 2.30. The fourth-order valence-corrected chi connectivity index (χ4v) is 3.23. The van der Waals surface area contributed by atoms with Crippen molar-refractivity contribution in [2.45, 2.75) is 12.3 Å². The van der Waals surface area contributed by atoms with Gasteiger partial charge in [-0.05, 0) is 35.2 Å². The lowest BCUT2D eigenvalue weighted by molar-refractivity contribution is -0.137. The zero-order valence-corrected chi connectivity index (χ0v) is 11.6. The van der Waals surface area contributed by atoms with Gasteiger partial charge in [-0.2, -0.15) is 13.2 Å². The monoisotopic (exact) mass is 308 g/mol. The van der Waals surface area contributed by atoms with Crippen molar-refractivity contribution >= 4 is 21.4 Å². The summed E-state index contributed by atoms with van der Waals surface area (Å²) >= 11 is 1.44. The lowest BCUT2D eigenvalue weighted by Gasteiger charge is -2.11. The summed E-state index contributed by atoms with van der Waals surface area (Å²) in [6.45, 7) is 0. The SMILES string of the molecule is OC(c1ccc(C(F)(F)F)cc1)c1cc2ccccc2s1. The van der Waals surface area contributed by atoms with Crippen molar-refractivity contribution in [1.82, 2.24) is 0 Å². The standard InChI is InChI=1S/C16H11F3OS/c17-16(18,19)12-7-5-10(6-8-12)15(20)14-9-11-3-1-2-4-13(11)21-14/h1-9,15,20H. The molecule has 5 heteroatoms. The molecule has 0 aliphatic heterocycles. The molecule has 3 aromatic rings. The highest BCUT2D eigenvalue weighted by Crippen LogP contribution is 2.34. The van der Waals surface area contributed by atoms with Crippen LogP contribution in [0.25, 0.3) is 10.1 Å². The van der Waals surface area contributed by atoms with Crippen LogP contribution in [-0.4, -0.2) is 5.11 Å². The van der Waals surface area contributed by atoms with Gasteiger partial charge in [0.15, 0.2) is 0 Å². The average Bonchev–Trinajstić information content (AvgIpc) is 2.89. The molecule has 1 atom stereocenters. The topological polar surface area (TPSA) is 20.2 Å². The maximum absolute atomic E-state index is 12.5. The molecule has 0 saturated heterocycles. The molecule has 3 rings (SSSR count). The van der Waals surface area contributed by atoms with Gasteiger partial charge in [0.25, 0.3) is 0 Å². The van der Waals surface area contributed by atoms with Crippen LogP contribution in [0.15, 0.2) is 54.6 Å². The van der Waals surface area contributed by atoms with Gasteiger partial charge in [-0.15, -0.1) is 11.3 Å². The predicted octanol–water partition coefficient (Wildman–Crippen LogP) is 5.00. The molecule has 0 saturated carbocycles. The average molecular weight is 308 g/mol. The minimum absolute atomic E-state index is 0.453. The van der Waals surface area contributed by atoms with Crippen molar-refractivity contribution in [1.29, 1.82) is 0 Å². The first-order chi connectivity index (χ1) is 9.95.